The number of benzene rings is 1. The average Bonchev–Trinajstić information content (AvgIpc) is 2.40. The molecular formula is C15H23ClN2. The topological polar surface area (TPSA) is 15.3 Å². The van der Waals surface area contributed by atoms with Crippen molar-refractivity contribution in [3.8, 4) is 0 Å². The molecule has 1 aromatic carbocycles. The molecule has 1 aromatic rings. The van der Waals surface area contributed by atoms with Crippen LogP contribution in [0.5, 0.6) is 0 Å². The fourth-order valence-corrected chi connectivity index (χ4v) is 3.40. The lowest BCUT2D eigenvalue weighted by molar-refractivity contribution is 0.164. The number of piperidine rings is 1. The first-order chi connectivity index (χ1) is 8.72. The number of nitrogens with one attached hydrogen (secondary N) is 1. The third kappa shape index (κ3) is 2.71. The van der Waals surface area contributed by atoms with Gasteiger partial charge in [0.05, 0.1) is 0 Å². The standard InChI is InChI=1S/C15H23ClN2/c1-3-18-10-8-15(9-11-18,12-17-2)13-6-4-5-7-14(13)16/h4-7,17H,3,8-12H2,1-2H3. The van der Waals surface area contributed by atoms with E-state index in [9.17, 15) is 0 Å². The molecular weight excluding hydrogens is 244 g/mol. The van der Waals surface area contributed by atoms with Gasteiger partial charge in [0.2, 0.25) is 0 Å². The molecule has 1 aliphatic rings. The summed E-state index contributed by atoms with van der Waals surface area (Å²) >= 11 is 6.41. The lowest BCUT2D eigenvalue weighted by Gasteiger charge is -2.42. The van der Waals surface area contributed by atoms with Crippen LogP contribution in [0.2, 0.25) is 5.02 Å². The van der Waals surface area contributed by atoms with Crippen molar-refractivity contribution in [3.63, 3.8) is 0 Å². The van der Waals surface area contributed by atoms with E-state index >= 15 is 0 Å². The van der Waals surface area contributed by atoms with Gasteiger partial charge in [-0.25, -0.2) is 0 Å². The van der Waals surface area contributed by atoms with Crippen LogP contribution in [-0.4, -0.2) is 38.1 Å². The highest BCUT2D eigenvalue weighted by molar-refractivity contribution is 6.31. The second kappa shape index (κ2) is 6.05. The van der Waals surface area contributed by atoms with E-state index in [1.165, 1.54) is 31.5 Å². The minimum Gasteiger partial charge on any atom is -0.319 e. The van der Waals surface area contributed by atoms with Crippen LogP contribution < -0.4 is 5.32 Å². The summed E-state index contributed by atoms with van der Waals surface area (Å²) in [5.74, 6) is 0. The third-order valence-electron chi connectivity index (χ3n) is 4.22. The van der Waals surface area contributed by atoms with E-state index in [0.29, 0.717) is 0 Å². The average molecular weight is 267 g/mol. The Balaban J connectivity index is 2.26. The first kappa shape index (κ1) is 13.9. The van der Waals surface area contributed by atoms with Crippen molar-refractivity contribution in [2.24, 2.45) is 0 Å². The minimum absolute atomic E-state index is 0.207. The molecule has 1 fully saturated rings. The van der Waals surface area contributed by atoms with Gasteiger partial charge in [-0.2, -0.15) is 0 Å². The number of hydrogen-bond donors (Lipinski definition) is 1. The van der Waals surface area contributed by atoms with Crippen LogP contribution in [0.1, 0.15) is 25.3 Å². The fraction of sp³-hybridized carbons (Fsp3) is 0.600. The Morgan fingerprint density at radius 3 is 2.50 bits per heavy atom. The van der Waals surface area contributed by atoms with Gasteiger partial charge < -0.3 is 10.2 Å². The molecule has 0 radical (unpaired) electrons. The summed E-state index contributed by atoms with van der Waals surface area (Å²) in [5, 5.41) is 4.27. The van der Waals surface area contributed by atoms with Crippen LogP contribution in [0.4, 0.5) is 0 Å². The number of halogens is 1. The second-order valence-electron chi connectivity index (χ2n) is 5.22. The number of nitrogens with zero attached hydrogens (tertiary/aromatic N) is 1. The van der Waals surface area contributed by atoms with E-state index in [4.69, 9.17) is 11.6 Å². The van der Waals surface area contributed by atoms with Gasteiger partial charge in [-0.1, -0.05) is 36.7 Å². The molecule has 0 aromatic heterocycles. The molecule has 0 bridgehead atoms. The first-order valence-electron chi connectivity index (χ1n) is 6.84. The van der Waals surface area contributed by atoms with E-state index in [-0.39, 0.29) is 5.41 Å². The third-order valence-corrected chi connectivity index (χ3v) is 4.55. The first-order valence-corrected chi connectivity index (χ1v) is 7.21. The van der Waals surface area contributed by atoms with Crippen LogP contribution in [-0.2, 0) is 5.41 Å². The fourth-order valence-electron chi connectivity index (χ4n) is 3.07. The second-order valence-corrected chi connectivity index (χ2v) is 5.63. The van der Waals surface area contributed by atoms with Gasteiger partial charge >= 0.3 is 0 Å². The van der Waals surface area contributed by atoms with E-state index in [1.54, 1.807) is 0 Å². The summed E-state index contributed by atoms with van der Waals surface area (Å²) in [6.45, 7) is 6.74. The van der Waals surface area contributed by atoms with E-state index in [0.717, 1.165) is 18.1 Å². The summed E-state index contributed by atoms with van der Waals surface area (Å²) in [4.78, 5) is 2.52. The Bertz CT molecular complexity index is 384. The lowest BCUT2D eigenvalue weighted by Crippen LogP contribution is -2.47. The van der Waals surface area contributed by atoms with Crippen LogP contribution in [0, 0.1) is 0 Å². The monoisotopic (exact) mass is 266 g/mol. The molecule has 1 aliphatic heterocycles. The molecule has 1 N–H and O–H groups in total. The molecule has 2 rings (SSSR count). The van der Waals surface area contributed by atoms with Gasteiger partial charge in [0.25, 0.3) is 0 Å². The number of rotatable bonds is 4. The zero-order chi connectivity index (χ0) is 13.0. The summed E-state index contributed by atoms with van der Waals surface area (Å²) in [6.07, 6.45) is 2.37. The van der Waals surface area contributed by atoms with Crippen LogP contribution in [0.3, 0.4) is 0 Å². The normalized spacial score (nSPS) is 19.9. The SMILES string of the molecule is CCN1CCC(CNC)(c2ccccc2Cl)CC1. The molecule has 0 amide bonds. The van der Waals surface area contributed by atoms with Crippen molar-refractivity contribution in [1.29, 1.82) is 0 Å². The quantitative estimate of drug-likeness (QED) is 0.902. The van der Waals surface area contributed by atoms with Gasteiger partial charge in [0.1, 0.15) is 0 Å². The lowest BCUT2D eigenvalue weighted by atomic mass is 9.72. The van der Waals surface area contributed by atoms with Crippen LogP contribution in [0.15, 0.2) is 24.3 Å². The van der Waals surface area contributed by atoms with E-state index in [2.05, 4.69) is 29.3 Å². The summed E-state index contributed by atoms with van der Waals surface area (Å²) < 4.78 is 0. The van der Waals surface area contributed by atoms with Gasteiger partial charge in [-0.15, -0.1) is 0 Å². The molecule has 1 heterocycles. The van der Waals surface area contributed by atoms with Crippen molar-refractivity contribution in [2.45, 2.75) is 25.2 Å². The summed E-state index contributed by atoms with van der Waals surface area (Å²) in [6, 6.07) is 8.33. The number of likely N-dealkylation sites (N-methyl/N-ethyl adjacent to an activating group) is 1. The Morgan fingerprint density at radius 1 is 1.28 bits per heavy atom. The number of hydrogen-bond acceptors (Lipinski definition) is 2. The van der Waals surface area contributed by atoms with E-state index < -0.39 is 0 Å². The maximum absolute atomic E-state index is 6.41. The zero-order valence-electron chi connectivity index (χ0n) is 11.4. The highest BCUT2D eigenvalue weighted by atomic mass is 35.5. The molecule has 0 aliphatic carbocycles. The molecule has 2 nitrogen and oxygen atoms in total. The Kier molecular flexibility index (Phi) is 4.66. The van der Waals surface area contributed by atoms with Crippen molar-refractivity contribution in [1.82, 2.24) is 10.2 Å². The molecule has 0 spiro atoms. The smallest absolute Gasteiger partial charge is 0.0444 e. The van der Waals surface area contributed by atoms with Crippen LogP contribution >= 0.6 is 11.6 Å². The summed E-state index contributed by atoms with van der Waals surface area (Å²) in [7, 11) is 2.03. The van der Waals surface area contributed by atoms with Gasteiger partial charge in [-0.05, 0) is 51.2 Å². The van der Waals surface area contributed by atoms with Crippen molar-refractivity contribution in [2.75, 3.05) is 33.2 Å². The highest BCUT2D eigenvalue weighted by Crippen LogP contribution is 2.38. The van der Waals surface area contributed by atoms with Gasteiger partial charge in [-0.3, -0.25) is 0 Å². The van der Waals surface area contributed by atoms with Crippen molar-refractivity contribution < 1.29 is 0 Å². The molecule has 18 heavy (non-hydrogen) atoms. The Labute approximate surface area is 115 Å². The maximum Gasteiger partial charge on any atom is 0.0444 e. The summed E-state index contributed by atoms with van der Waals surface area (Å²) in [5.41, 5.74) is 1.52. The number of likely N-dealkylation sites (tertiary alicyclic amines) is 1. The molecule has 0 unspecified atom stereocenters. The van der Waals surface area contributed by atoms with Crippen molar-refractivity contribution >= 4 is 11.6 Å². The van der Waals surface area contributed by atoms with Crippen molar-refractivity contribution in [3.05, 3.63) is 34.9 Å². The van der Waals surface area contributed by atoms with Crippen LogP contribution in [0.25, 0.3) is 0 Å². The minimum atomic E-state index is 0.207. The largest absolute Gasteiger partial charge is 0.319 e. The maximum atomic E-state index is 6.41. The van der Waals surface area contributed by atoms with E-state index in [1.807, 2.05) is 19.2 Å². The Morgan fingerprint density at radius 2 is 1.94 bits per heavy atom. The molecule has 3 heteroatoms. The molecule has 0 atom stereocenters. The predicted molar refractivity (Wildman–Crippen MR) is 78.4 cm³/mol. The Hall–Kier alpha value is -0.570. The zero-order valence-corrected chi connectivity index (χ0v) is 12.1. The van der Waals surface area contributed by atoms with Gasteiger partial charge in [0.15, 0.2) is 0 Å². The highest BCUT2D eigenvalue weighted by Gasteiger charge is 2.36. The predicted octanol–water partition coefficient (Wildman–Crippen LogP) is 2.91. The molecule has 1 saturated heterocycles. The van der Waals surface area contributed by atoms with Gasteiger partial charge in [0, 0.05) is 17.0 Å². The molecule has 100 valence electrons. The molecule has 0 saturated carbocycles.